The van der Waals surface area contributed by atoms with Crippen LogP contribution in [0.3, 0.4) is 0 Å². The monoisotopic (exact) mass is 248 g/mol. The number of halogens is 1. The predicted molar refractivity (Wildman–Crippen MR) is 65.8 cm³/mol. The van der Waals surface area contributed by atoms with Gasteiger partial charge in [0.1, 0.15) is 6.33 Å². The summed E-state index contributed by atoms with van der Waals surface area (Å²) >= 11 is 5.94. The number of nitrogen functional groups attached to an aromatic ring is 1. The summed E-state index contributed by atoms with van der Waals surface area (Å²) in [5, 5.41) is 2.86. The first kappa shape index (κ1) is 11.3. The van der Waals surface area contributed by atoms with E-state index in [9.17, 15) is 4.79 Å². The van der Waals surface area contributed by atoms with Gasteiger partial charge >= 0.3 is 0 Å². The highest BCUT2D eigenvalue weighted by atomic mass is 35.5. The Kier molecular flexibility index (Phi) is 3.20. The maximum absolute atomic E-state index is 11.9. The summed E-state index contributed by atoms with van der Waals surface area (Å²) in [5.41, 5.74) is 6.79. The minimum atomic E-state index is -0.350. The van der Waals surface area contributed by atoms with E-state index in [1.807, 2.05) is 0 Å². The zero-order valence-electron chi connectivity index (χ0n) is 8.72. The number of carbonyl (C=O) groups is 1. The molecule has 0 aliphatic carbocycles. The fraction of sp³-hybridized carbons (Fsp3) is 0. The Labute approximate surface area is 103 Å². The fourth-order valence-electron chi connectivity index (χ4n) is 1.29. The number of rotatable bonds is 2. The molecule has 1 aromatic carbocycles. The third-order valence-corrected chi connectivity index (χ3v) is 2.51. The quantitative estimate of drug-likeness (QED) is 0.796. The van der Waals surface area contributed by atoms with Crippen LogP contribution in [0.2, 0.25) is 5.02 Å². The van der Waals surface area contributed by atoms with Crippen molar-refractivity contribution in [1.82, 2.24) is 9.97 Å². The van der Waals surface area contributed by atoms with E-state index < -0.39 is 0 Å². The molecule has 0 unspecified atom stereocenters. The fourth-order valence-corrected chi connectivity index (χ4v) is 1.50. The van der Waals surface area contributed by atoms with Crippen molar-refractivity contribution < 1.29 is 4.79 Å². The number of carbonyl (C=O) groups excluding carboxylic acids is 1. The Morgan fingerprint density at radius 2 is 2.00 bits per heavy atom. The van der Waals surface area contributed by atoms with Crippen molar-refractivity contribution in [3.05, 3.63) is 47.5 Å². The van der Waals surface area contributed by atoms with E-state index in [0.29, 0.717) is 16.9 Å². The molecular formula is C11H9ClN4O. The van der Waals surface area contributed by atoms with Gasteiger partial charge in [-0.15, -0.1) is 0 Å². The van der Waals surface area contributed by atoms with E-state index in [2.05, 4.69) is 15.3 Å². The first-order chi connectivity index (χ1) is 8.18. The van der Waals surface area contributed by atoms with Crippen LogP contribution in [0.1, 0.15) is 10.4 Å². The zero-order chi connectivity index (χ0) is 12.3. The number of nitrogens with two attached hydrogens (primary N) is 1. The molecule has 5 nitrogen and oxygen atoms in total. The van der Waals surface area contributed by atoms with E-state index >= 15 is 0 Å². The van der Waals surface area contributed by atoms with Crippen LogP contribution in [-0.4, -0.2) is 15.9 Å². The number of benzene rings is 1. The van der Waals surface area contributed by atoms with Crippen LogP contribution in [0.4, 0.5) is 11.4 Å². The van der Waals surface area contributed by atoms with Crippen LogP contribution in [0.15, 0.2) is 36.9 Å². The smallest absolute Gasteiger partial charge is 0.257 e. The van der Waals surface area contributed by atoms with Crippen LogP contribution >= 0.6 is 11.6 Å². The second-order valence-corrected chi connectivity index (χ2v) is 3.67. The molecule has 0 atom stereocenters. The summed E-state index contributed by atoms with van der Waals surface area (Å²) in [4.78, 5) is 19.5. The minimum absolute atomic E-state index is 0.238. The third-order valence-electron chi connectivity index (χ3n) is 2.09. The predicted octanol–water partition coefficient (Wildman–Crippen LogP) is 1.96. The average Bonchev–Trinajstić information content (AvgIpc) is 2.34. The molecule has 0 saturated heterocycles. The van der Waals surface area contributed by atoms with Crippen molar-refractivity contribution in [2.24, 2.45) is 0 Å². The molecule has 17 heavy (non-hydrogen) atoms. The van der Waals surface area contributed by atoms with Crippen LogP contribution in [-0.2, 0) is 0 Å². The lowest BCUT2D eigenvalue weighted by atomic mass is 10.2. The molecule has 2 rings (SSSR count). The SMILES string of the molecule is Nc1cccc(C(=O)Nc2cncnc2)c1Cl. The largest absolute Gasteiger partial charge is 0.398 e. The lowest BCUT2D eigenvalue weighted by Crippen LogP contribution is -2.13. The molecule has 3 N–H and O–H groups in total. The Hall–Kier alpha value is -2.14. The number of hydrogen-bond donors (Lipinski definition) is 2. The molecule has 0 aliphatic rings. The second kappa shape index (κ2) is 4.80. The molecule has 1 heterocycles. The highest BCUT2D eigenvalue weighted by Crippen LogP contribution is 2.23. The van der Waals surface area contributed by atoms with Gasteiger partial charge in [0.2, 0.25) is 0 Å². The van der Waals surface area contributed by atoms with Crippen molar-refractivity contribution in [3.8, 4) is 0 Å². The van der Waals surface area contributed by atoms with Crippen molar-refractivity contribution >= 4 is 28.9 Å². The van der Waals surface area contributed by atoms with Crippen molar-refractivity contribution in [2.45, 2.75) is 0 Å². The lowest BCUT2D eigenvalue weighted by molar-refractivity contribution is 0.102. The van der Waals surface area contributed by atoms with Crippen LogP contribution < -0.4 is 11.1 Å². The Morgan fingerprint density at radius 3 is 2.71 bits per heavy atom. The first-order valence-electron chi connectivity index (χ1n) is 4.79. The molecular weight excluding hydrogens is 240 g/mol. The molecule has 2 aromatic rings. The molecule has 6 heteroatoms. The van der Waals surface area contributed by atoms with Crippen LogP contribution in [0.25, 0.3) is 0 Å². The summed E-state index contributed by atoms with van der Waals surface area (Å²) < 4.78 is 0. The van der Waals surface area contributed by atoms with Crippen molar-refractivity contribution in [1.29, 1.82) is 0 Å². The number of nitrogens with one attached hydrogen (secondary N) is 1. The third kappa shape index (κ3) is 2.51. The Balaban J connectivity index is 2.24. The standard InChI is InChI=1S/C11H9ClN4O/c12-10-8(2-1-3-9(10)13)11(17)16-7-4-14-6-15-5-7/h1-6H,13H2,(H,16,17). The maximum atomic E-state index is 11.9. The second-order valence-electron chi connectivity index (χ2n) is 3.29. The molecule has 86 valence electrons. The minimum Gasteiger partial charge on any atom is -0.398 e. The van der Waals surface area contributed by atoms with Gasteiger partial charge < -0.3 is 11.1 Å². The van der Waals surface area contributed by atoms with E-state index in [0.717, 1.165) is 0 Å². The molecule has 0 radical (unpaired) electrons. The van der Waals surface area contributed by atoms with E-state index in [-0.39, 0.29) is 10.9 Å². The van der Waals surface area contributed by atoms with Gasteiger partial charge in [-0.1, -0.05) is 17.7 Å². The topological polar surface area (TPSA) is 80.9 Å². The summed E-state index contributed by atoms with van der Waals surface area (Å²) in [6, 6.07) is 4.89. The van der Waals surface area contributed by atoms with Gasteiger partial charge in [-0.25, -0.2) is 9.97 Å². The summed E-state index contributed by atoms with van der Waals surface area (Å²) in [7, 11) is 0. The van der Waals surface area contributed by atoms with Gasteiger partial charge in [0.05, 0.1) is 34.4 Å². The molecule has 0 fully saturated rings. The normalized spacial score (nSPS) is 9.94. The zero-order valence-corrected chi connectivity index (χ0v) is 9.48. The van der Waals surface area contributed by atoms with Gasteiger partial charge in [-0.2, -0.15) is 0 Å². The lowest BCUT2D eigenvalue weighted by Gasteiger charge is -2.07. The number of amides is 1. The van der Waals surface area contributed by atoms with E-state index in [1.165, 1.54) is 18.7 Å². The number of anilines is 2. The molecule has 0 spiro atoms. The Morgan fingerprint density at radius 1 is 1.29 bits per heavy atom. The summed E-state index contributed by atoms with van der Waals surface area (Å²) in [6.45, 7) is 0. The van der Waals surface area contributed by atoms with Gasteiger partial charge in [0, 0.05) is 0 Å². The van der Waals surface area contributed by atoms with Crippen LogP contribution in [0, 0.1) is 0 Å². The first-order valence-corrected chi connectivity index (χ1v) is 5.16. The van der Waals surface area contributed by atoms with Gasteiger partial charge in [-0.3, -0.25) is 4.79 Å². The van der Waals surface area contributed by atoms with Gasteiger partial charge in [-0.05, 0) is 12.1 Å². The molecule has 0 aliphatic heterocycles. The average molecular weight is 249 g/mol. The highest BCUT2D eigenvalue weighted by molar-refractivity contribution is 6.36. The molecule has 0 saturated carbocycles. The summed E-state index contributed by atoms with van der Waals surface area (Å²) in [5.74, 6) is -0.350. The van der Waals surface area contributed by atoms with E-state index in [1.54, 1.807) is 18.2 Å². The Bertz CT molecular complexity index is 544. The molecule has 1 aromatic heterocycles. The number of aromatic nitrogens is 2. The van der Waals surface area contributed by atoms with Crippen molar-refractivity contribution in [3.63, 3.8) is 0 Å². The summed E-state index contributed by atoms with van der Waals surface area (Å²) in [6.07, 6.45) is 4.36. The molecule has 1 amide bonds. The van der Waals surface area contributed by atoms with E-state index in [4.69, 9.17) is 17.3 Å². The highest BCUT2D eigenvalue weighted by Gasteiger charge is 2.12. The van der Waals surface area contributed by atoms with Gasteiger partial charge in [0.15, 0.2) is 0 Å². The van der Waals surface area contributed by atoms with Crippen LogP contribution in [0.5, 0.6) is 0 Å². The van der Waals surface area contributed by atoms with Crippen molar-refractivity contribution in [2.75, 3.05) is 11.1 Å². The molecule has 0 bridgehead atoms. The maximum Gasteiger partial charge on any atom is 0.257 e. The number of nitrogens with zero attached hydrogens (tertiary/aromatic N) is 2. The number of hydrogen-bond acceptors (Lipinski definition) is 4. The van der Waals surface area contributed by atoms with Gasteiger partial charge in [0.25, 0.3) is 5.91 Å².